The van der Waals surface area contributed by atoms with Crippen molar-refractivity contribution in [1.29, 1.82) is 0 Å². The van der Waals surface area contributed by atoms with Gasteiger partial charge in [-0.05, 0) is 64.8 Å². The van der Waals surface area contributed by atoms with E-state index in [1.807, 2.05) is 0 Å². The molecule has 2 aromatic rings. The average Bonchev–Trinajstić information content (AvgIpc) is 3.06. The molecule has 0 radical (unpaired) electrons. The van der Waals surface area contributed by atoms with Crippen molar-refractivity contribution in [3.05, 3.63) is 61.7 Å². The minimum Gasteiger partial charge on any atom is -0.493 e. The van der Waals surface area contributed by atoms with Gasteiger partial charge >= 0.3 is 11.9 Å². The van der Waals surface area contributed by atoms with Gasteiger partial charge in [-0.3, -0.25) is 0 Å². The number of aliphatic imine (C=N–C) groups is 1. The van der Waals surface area contributed by atoms with Gasteiger partial charge in [-0.25, -0.2) is 14.6 Å². The molecule has 0 amide bonds. The van der Waals surface area contributed by atoms with Crippen LogP contribution in [-0.4, -0.2) is 38.2 Å². The summed E-state index contributed by atoms with van der Waals surface area (Å²) in [7, 11) is 1.46. The number of methoxy groups -OCH3 is 1. The van der Waals surface area contributed by atoms with Crippen LogP contribution in [0.15, 0.2) is 45.5 Å². The second-order valence-corrected chi connectivity index (χ2v) is 7.79. The molecule has 1 aliphatic rings. The van der Waals surface area contributed by atoms with Crippen LogP contribution in [-0.2, 0) is 19.1 Å². The largest absolute Gasteiger partial charge is 0.493 e. The van der Waals surface area contributed by atoms with E-state index >= 15 is 0 Å². The zero-order chi connectivity index (χ0) is 22.5. The molecule has 0 atom stereocenters. The van der Waals surface area contributed by atoms with Gasteiger partial charge in [0, 0.05) is 5.02 Å². The molecule has 1 heterocycles. The number of rotatable bonds is 7. The highest BCUT2D eigenvalue weighted by Gasteiger charge is 2.26. The molecule has 0 saturated carbocycles. The van der Waals surface area contributed by atoms with Crippen LogP contribution in [0.2, 0.25) is 10.0 Å². The molecular formula is C21H16BrCl2NO6. The smallest absolute Gasteiger partial charge is 0.363 e. The number of carbonyl (C=O) groups is 2. The third-order valence-corrected chi connectivity index (χ3v) is 5.11. The number of ether oxygens (including phenoxy) is 4. The molecule has 10 heteroatoms. The number of benzene rings is 2. The molecule has 31 heavy (non-hydrogen) atoms. The highest BCUT2D eigenvalue weighted by molar-refractivity contribution is 9.10. The van der Waals surface area contributed by atoms with Crippen molar-refractivity contribution in [1.82, 2.24) is 0 Å². The van der Waals surface area contributed by atoms with Crippen molar-refractivity contribution in [2.45, 2.75) is 6.92 Å². The number of cyclic esters (lactones) is 1. The Balaban J connectivity index is 1.88. The molecule has 2 aromatic carbocycles. The Labute approximate surface area is 196 Å². The van der Waals surface area contributed by atoms with E-state index in [0.717, 1.165) is 0 Å². The van der Waals surface area contributed by atoms with Crippen LogP contribution in [0.25, 0.3) is 6.08 Å². The van der Waals surface area contributed by atoms with Crippen molar-refractivity contribution < 1.29 is 28.5 Å². The Morgan fingerprint density at radius 1 is 1.26 bits per heavy atom. The monoisotopic (exact) mass is 527 g/mol. The Morgan fingerprint density at radius 3 is 2.71 bits per heavy atom. The lowest BCUT2D eigenvalue weighted by Crippen LogP contribution is -2.15. The third-order valence-electron chi connectivity index (χ3n) is 3.98. The molecule has 3 rings (SSSR count). The minimum atomic E-state index is -0.626. The molecule has 7 nitrogen and oxygen atoms in total. The highest BCUT2D eigenvalue weighted by Crippen LogP contribution is 2.37. The predicted molar refractivity (Wildman–Crippen MR) is 120 cm³/mol. The molecule has 0 aromatic heterocycles. The van der Waals surface area contributed by atoms with E-state index in [1.54, 1.807) is 31.2 Å². The molecule has 0 bridgehead atoms. The Bertz CT molecular complexity index is 1100. The number of nitrogens with zero attached hydrogens (tertiary/aromatic N) is 1. The van der Waals surface area contributed by atoms with Gasteiger partial charge in [0.15, 0.2) is 23.8 Å². The number of carbonyl (C=O) groups excluding carboxylic acids is 2. The van der Waals surface area contributed by atoms with Crippen molar-refractivity contribution in [2.75, 3.05) is 20.3 Å². The number of halogens is 3. The fourth-order valence-corrected chi connectivity index (χ4v) is 3.71. The van der Waals surface area contributed by atoms with E-state index in [9.17, 15) is 9.59 Å². The molecule has 0 saturated heterocycles. The van der Waals surface area contributed by atoms with Crippen LogP contribution in [0.4, 0.5) is 0 Å². The summed E-state index contributed by atoms with van der Waals surface area (Å²) in [5, 5.41) is 0.768. The molecule has 162 valence electrons. The van der Waals surface area contributed by atoms with Gasteiger partial charge in [0.2, 0.25) is 5.90 Å². The first-order valence-corrected chi connectivity index (χ1v) is 10.5. The van der Waals surface area contributed by atoms with E-state index in [0.29, 0.717) is 37.1 Å². The number of hydrogen-bond donors (Lipinski definition) is 0. The Kier molecular flexibility index (Phi) is 7.59. The fourth-order valence-electron chi connectivity index (χ4n) is 2.64. The van der Waals surface area contributed by atoms with Gasteiger partial charge in [0.25, 0.3) is 0 Å². The van der Waals surface area contributed by atoms with E-state index in [2.05, 4.69) is 20.9 Å². The van der Waals surface area contributed by atoms with Crippen molar-refractivity contribution in [3.8, 4) is 11.5 Å². The van der Waals surface area contributed by atoms with Crippen LogP contribution in [0.3, 0.4) is 0 Å². The lowest BCUT2D eigenvalue weighted by Gasteiger charge is -2.13. The first-order valence-electron chi connectivity index (χ1n) is 8.96. The van der Waals surface area contributed by atoms with E-state index in [4.69, 9.17) is 42.1 Å². The summed E-state index contributed by atoms with van der Waals surface area (Å²) in [5.41, 5.74) is 1.12. The van der Waals surface area contributed by atoms with Gasteiger partial charge < -0.3 is 18.9 Å². The van der Waals surface area contributed by atoms with Gasteiger partial charge in [0.1, 0.15) is 0 Å². The highest BCUT2D eigenvalue weighted by atomic mass is 79.9. The van der Waals surface area contributed by atoms with Crippen molar-refractivity contribution >= 4 is 63.0 Å². The second kappa shape index (κ2) is 10.2. The summed E-state index contributed by atoms with van der Waals surface area (Å²) in [6.07, 6.45) is 1.53. The summed E-state index contributed by atoms with van der Waals surface area (Å²) < 4.78 is 21.5. The fraction of sp³-hybridized carbons (Fsp3) is 0.190. The SMILES string of the molecule is CCOC(=O)COc1c(Br)cc(/C=C2\N=C(c3ccc(Cl)cc3Cl)OC2=O)cc1OC. The zero-order valence-corrected chi connectivity index (χ0v) is 19.5. The third kappa shape index (κ3) is 5.58. The van der Waals surface area contributed by atoms with Crippen LogP contribution >= 0.6 is 39.1 Å². The molecule has 1 aliphatic heterocycles. The maximum atomic E-state index is 12.3. The van der Waals surface area contributed by atoms with E-state index in [1.165, 1.54) is 19.3 Å². The molecule has 0 N–H and O–H groups in total. The molecule has 0 spiro atoms. The van der Waals surface area contributed by atoms with Gasteiger partial charge in [-0.2, -0.15) is 0 Å². The summed E-state index contributed by atoms with van der Waals surface area (Å²) in [6, 6.07) is 8.10. The number of hydrogen-bond acceptors (Lipinski definition) is 7. The van der Waals surface area contributed by atoms with Crippen LogP contribution in [0, 0.1) is 0 Å². The standard InChI is InChI=1S/C21H16BrCl2NO6/c1-3-29-18(26)10-30-19-14(22)6-11(8-17(19)28-2)7-16-21(27)31-20(25-16)13-5-4-12(23)9-15(13)24/h4-9H,3,10H2,1-2H3/b16-7-. The van der Waals surface area contributed by atoms with Gasteiger partial charge in [-0.1, -0.05) is 23.2 Å². The normalized spacial score (nSPS) is 14.3. The van der Waals surface area contributed by atoms with Crippen molar-refractivity contribution in [2.24, 2.45) is 4.99 Å². The van der Waals surface area contributed by atoms with E-state index in [-0.39, 0.29) is 24.8 Å². The van der Waals surface area contributed by atoms with Crippen LogP contribution in [0.1, 0.15) is 18.1 Å². The van der Waals surface area contributed by atoms with Crippen molar-refractivity contribution in [3.63, 3.8) is 0 Å². The second-order valence-electron chi connectivity index (χ2n) is 6.09. The van der Waals surface area contributed by atoms with Gasteiger partial charge in [-0.15, -0.1) is 0 Å². The summed E-state index contributed by atoms with van der Waals surface area (Å²) >= 11 is 15.5. The molecule has 0 fully saturated rings. The summed E-state index contributed by atoms with van der Waals surface area (Å²) in [5.74, 6) is -0.373. The maximum absolute atomic E-state index is 12.3. The molecule has 0 aliphatic carbocycles. The first-order chi connectivity index (χ1) is 14.8. The average molecular weight is 529 g/mol. The first kappa shape index (κ1) is 23.1. The Hall–Kier alpha value is -2.55. The Morgan fingerprint density at radius 2 is 2.03 bits per heavy atom. The maximum Gasteiger partial charge on any atom is 0.363 e. The summed E-state index contributed by atoms with van der Waals surface area (Å²) in [6.45, 7) is 1.69. The van der Waals surface area contributed by atoms with Gasteiger partial charge in [0.05, 0.1) is 28.8 Å². The summed E-state index contributed by atoms with van der Waals surface area (Å²) in [4.78, 5) is 28.1. The topological polar surface area (TPSA) is 83.4 Å². The predicted octanol–water partition coefficient (Wildman–Crippen LogP) is 5.05. The quantitative estimate of drug-likeness (QED) is 0.369. The zero-order valence-electron chi connectivity index (χ0n) is 16.4. The number of esters is 2. The lowest BCUT2D eigenvalue weighted by molar-refractivity contribution is -0.145. The van der Waals surface area contributed by atoms with E-state index < -0.39 is 11.9 Å². The molecular weight excluding hydrogens is 513 g/mol. The van der Waals surface area contributed by atoms with Crippen LogP contribution < -0.4 is 9.47 Å². The minimum absolute atomic E-state index is 0.0789. The lowest BCUT2D eigenvalue weighted by atomic mass is 10.1. The van der Waals surface area contributed by atoms with Crippen LogP contribution in [0.5, 0.6) is 11.5 Å². The molecule has 0 unspecified atom stereocenters.